The summed E-state index contributed by atoms with van der Waals surface area (Å²) in [5.41, 5.74) is 2.17. The first-order valence-electron chi connectivity index (χ1n) is 3.65. The minimum atomic E-state index is -0.922. The molecule has 1 aliphatic carbocycles. The number of rotatable bonds is 3. The molecule has 0 aromatic rings. The highest BCUT2D eigenvalue weighted by Gasteiger charge is 2.33. The van der Waals surface area contributed by atoms with Gasteiger partial charge >= 0.3 is 0 Å². The molecule has 0 amide bonds. The Kier molecular flexibility index (Phi) is 1.79. The molecular formula is C8H11O2-. The average Bonchev–Trinajstić information content (AvgIpc) is 2.60. The van der Waals surface area contributed by atoms with Crippen molar-refractivity contribution in [3.8, 4) is 0 Å². The number of carboxylic acids is 1. The average molecular weight is 139 g/mol. The van der Waals surface area contributed by atoms with E-state index in [1.807, 2.05) is 13.8 Å². The molecule has 0 aromatic carbocycles. The summed E-state index contributed by atoms with van der Waals surface area (Å²) in [4.78, 5) is 10.3. The van der Waals surface area contributed by atoms with Crippen LogP contribution < -0.4 is 5.11 Å². The van der Waals surface area contributed by atoms with E-state index in [9.17, 15) is 9.90 Å². The van der Waals surface area contributed by atoms with E-state index in [0.29, 0.717) is 0 Å². The maximum atomic E-state index is 10.3. The van der Waals surface area contributed by atoms with Gasteiger partial charge in [0.2, 0.25) is 0 Å². The summed E-state index contributed by atoms with van der Waals surface area (Å²) < 4.78 is 0. The molecular weight excluding hydrogens is 128 g/mol. The molecule has 0 aliphatic heterocycles. The maximum Gasteiger partial charge on any atom is 0.0526 e. The fourth-order valence-corrected chi connectivity index (χ4v) is 1.46. The second-order valence-corrected chi connectivity index (χ2v) is 2.51. The molecule has 0 bridgehead atoms. The Hall–Kier alpha value is -0.790. The lowest BCUT2D eigenvalue weighted by Gasteiger charge is -1.99. The highest BCUT2D eigenvalue weighted by atomic mass is 16.4. The van der Waals surface area contributed by atoms with Gasteiger partial charge < -0.3 is 9.90 Å². The zero-order chi connectivity index (χ0) is 7.72. The van der Waals surface area contributed by atoms with Crippen LogP contribution >= 0.6 is 0 Å². The van der Waals surface area contributed by atoms with Crippen molar-refractivity contribution in [2.45, 2.75) is 26.7 Å². The van der Waals surface area contributed by atoms with Crippen molar-refractivity contribution in [3.05, 3.63) is 11.1 Å². The molecule has 0 N–H and O–H groups in total. The Labute approximate surface area is 60.6 Å². The van der Waals surface area contributed by atoms with E-state index >= 15 is 0 Å². The van der Waals surface area contributed by atoms with Gasteiger partial charge in [-0.2, -0.15) is 0 Å². The van der Waals surface area contributed by atoms with E-state index in [2.05, 4.69) is 0 Å². The van der Waals surface area contributed by atoms with Gasteiger partial charge in [-0.15, -0.1) is 0 Å². The number of hydrogen-bond acceptors (Lipinski definition) is 2. The maximum absolute atomic E-state index is 10.3. The Morgan fingerprint density at radius 2 is 1.80 bits per heavy atom. The van der Waals surface area contributed by atoms with Crippen molar-refractivity contribution < 1.29 is 9.90 Å². The highest BCUT2D eigenvalue weighted by molar-refractivity contribution is 5.82. The Morgan fingerprint density at radius 3 is 1.90 bits per heavy atom. The van der Waals surface area contributed by atoms with Crippen molar-refractivity contribution in [1.29, 1.82) is 0 Å². The molecule has 56 valence electrons. The van der Waals surface area contributed by atoms with Gasteiger partial charge in [-0.3, -0.25) is 0 Å². The van der Waals surface area contributed by atoms with Crippen LogP contribution in [0.15, 0.2) is 11.1 Å². The molecule has 0 saturated carbocycles. The molecule has 10 heavy (non-hydrogen) atoms. The Balaban J connectivity index is 2.55. The van der Waals surface area contributed by atoms with Gasteiger partial charge in [0.25, 0.3) is 0 Å². The molecule has 0 unspecified atom stereocenters. The minimum Gasteiger partial charge on any atom is -0.549 e. The highest BCUT2D eigenvalue weighted by Crippen LogP contribution is 2.42. The predicted octanol–water partition coefficient (Wildman–Crippen LogP) is 0.483. The molecule has 0 heterocycles. The fourth-order valence-electron chi connectivity index (χ4n) is 1.46. The second-order valence-electron chi connectivity index (χ2n) is 2.51. The third-order valence-electron chi connectivity index (χ3n) is 2.02. The van der Waals surface area contributed by atoms with Gasteiger partial charge in [0.15, 0.2) is 0 Å². The number of carboxylic acid groups (broad SMARTS) is 1. The van der Waals surface area contributed by atoms with Crippen LogP contribution in [0.2, 0.25) is 0 Å². The Morgan fingerprint density at radius 1 is 1.40 bits per heavy atom. The summed E-state index contributed by atoms with van der Waals surface area (Å²) in [6.07, 6.45) is 1.73. The Bertz CT molecular complexity index is 177. The number of hydrogen-bond donors (Lipinski definition) is 0. The van der Waals surface area contributed by atoms with Crippen LogP contribution in [0.5, 0.6) is 0 Å². The molecule has 0 spiro atoms. The van der Waals surface area contributed by atoms with E-state index < -0.39 is 5.97 Å². The van der Waals surface area contributed by atoms with Gasteiger partial charge in [0, 0.05) is 5.92 Å². The third kappa shape index (κ3) is 0.939. The molecule has 0 radical (unpaired) electrons. The van der Waals surface area contributed by atoms with Gasteiger partial charge in [0.05, 0.1) is 5.97 Å². The van der Waals surface area contributed by atoms with Crippen LogP contribution in [0.3, 0.4) is 0 Å². The van der Waals surface area contributed by atoms with Crippen LogP contribution in [0.25, 0.3) is 0 Å². The summed E-state index contributed by atoms with van der Waals surface area (Å²) in [5, 5.41) is 10.3. The monoisotopic (exact) mass is 139 g/mol. The molecule has 1 aliphatic rings. The molecule has 0 saturated heterocycles. The van der Waals surface area contributed by atoms with E-state index in [1.54, 1.807) is 0 Å². The quantitative estimate of drug-likeness (QED) is 0.533. The minimum absolute atomic E-state index is 0.296. The summed E-state index contributed by atoms with van der Waals surface area (Å²) in [7, 11) is 0. The molecule has 0 aromatic heterocycles. The SMILES string of the molecule is CCC1=C(CC)C1C(=O)[O-]. The summed E-state index contributed by atoms with van der Waals surface area (Å²) >= 11 is 0. The van der Waals surface area contributed by atoms with Crippen LogP contribution in [-0.2, 0) is 4.79 Å². The van der Waals surface area contributed by atoms with E-state index in [4.69, 9.17) is 0 Å². The normalized spacial score (nSPS) is 17.8. The summed E-state index contributed by atoms with van der Waals surface area (Å²) in [6.45, 7) is 3.96. The second kappa shape index (κ2) is 2.45. The predicted molar refractivity (Wildman–Crippen MR) is 36.1 cm³/mol. The van der Waals surface area contributed by atoms with Gasteiger partial charge in [-0.1, -0.05) is 25.0 Å². The van der Waals surface area contributed by atoms with Crippen LogP contribution in [-0.4, -0.2) is 5.97 Å². The first kappa shape index (κ1) is 7.32. The van der Waals surface area contributed by atoms with Gasteiger partial charge in [0.1, 0.15) is 0 Å². The largest absolute Gasteiger partial charge is 0.549 e. The molecule has 2 nitrogen and oxygen atoms in total. The van der Waals surface area contributed by atoms with Crippen molar-refractivity contribution in [2.75, 3.05) is 0 Å². The topological polar surface area (TPSA) is 40.1 Å². The van der Waals surface area contributed by atoms with Crippen LogP contribution in [0.1, 0.15) is 26.7 Å². The standard InChI is InChI=1S/C8H12O2/c1-3-5-6(4-2)7(5)8(9)10/h7H,3-4H2,1-2H3,(H,9,10)/p-1. The smallest absolute Gasteiger partial charge is 0.0526 e. The zero-order valence-electron chi connectivity index (χ0n) is 6.31. The van der Waals surface area contributed by atoms with E-state index in [-0.39, 0.29) is 5.92 Å². The van der Waals surface area contributed by atoms with Gasteiger partial charge in [-0.25, -0.2) is 0 Å². The first-order chi connectivity index (χ1) is 4.72. The van der Waals surface area contributed by atoms with Crippen molar-refractivity contribution >= 4 is 5.97 Å². The summed E-state index contributed by atoms with van der Waals surface area (Å²) in [5.74, 6) is -1.22. The lowest BCUT2D eigenvalue weighted by atomic mass is 10.2. The van der Waals surface area contributed by atoms with Gasteiger partial charge in [-0.05, 0) is 12.8 Å². The van der Waals surface area contributed by atoms with Crippen molar-refractivity contribution in [1.82, 2.24) is 0 Å². The first-order valence-corrected chi connectivity index (χ1v) is 3.65. The molecule has 0 atom stereocenters. The number of carbonyl (C=O) groups is 1. The van der Waals surface area contributed by atoms with E-state index in [1.165, 1.54) is 0 Å². The zero-order valence-corrected chi connectivity index (χ0v) is 6.31. The lowest BCUT2D eigenvalue weighted by Crippen LogP contribution is -2.26. The van der Waals surface area contributed by atoms with E-state index in [0.717, 1.165) is 24.0 Å². The van der Waals surface area contributed by atoms with Crippen molar-refractivity contribution in [2.24, 2.45) is 5.92 Å². The van der Waals surface area contributed by atoms with Crippen molar-refractivity contribution in [3.63, 3.8) is 0 Å². The molecule has 1 rings (SSSR count). The van der Waals surface area contributed by atoms with Crippen LogP contribution in [0, 0.1) is 5.92 Å². The number of aliphatic carboxylic acids is 1. The summed E-state index contributed by atoms with van der Waals surface area (Å²) in [6, 6.07) is 0. The fraction of sp³-hybridized carbons (Fsp3) is 0.625. The third-order valence-corrected chi connectivity index (χ3v) is 2.02. The van der Waals surface area contributed by atoms with Crippen LogP contribution in [0.4, 0.5) is 0 Å². The number of carbonyl (C=O) groups excluding carboxylic acids is 1. The molecule has 0 fully saturated rings. The lowest BCUT2D eigenvalue weighted by molar-refractivity contribution is -0.307. The molecule has 2 heteroatoms.